The first kappa shape index (κ1) is 36.3. The fraction of sp³-hybridized carbons (Fsp3) is 0.487. The highest BCUT2D eigenvalue weighted by Crippen LogP contribution is 2.58. The molecule has 3 aromatic rings. The summed E-state index contributed by atoms with van der Waals surface area (Å²) in [5.41, 5.74) is 0.283. The number of carbonyl (C=O) groups is 2. The Balaban J connectivity index is 1.20. The Morgan fingerprint density at radius 2 is 1.42 bits per heavy atom. The van der Waals surface area contributed by atoms with Gasteiger partial charge in [-0.15, -0.1) is 0 Å². The van der Waals surface area contributed by atoms with E-state index >= 15 is 0 Å². The molecule has 0 spiro atoms. The van der Waals surface area contributed by atoms with Crippen LogP contribution in [-0.2, 0) is 19.7 Å². The highest BCUT2D eigenvalue weighted by atomic mass is 35.5. The smallest absolute Gasteiger partial charge is 0.311 e. The SMILES string of the molecule is CC1NC(C)C(CCCOCCCN2CCC(c3ccccc3)(c3ccccc3)CC2)(C(=O)O)[C@H](c2cccc(Cl)c2Cl)C1(C)C(=O)O. The van der Waals surface area contributed by atoms with Crippen molar-refractivity contribution in [3.63, 3.8) is 0 Å². The lowest BCUT2D eigenvalue weighted by Crippen LogP contribution is -2.68. The van der Waals surface area contributed by atoms with Crippen LogP contribution in [0.2, 0.25) is 10.0 Å². The number of benzene rings is 3. The molecule has 7 nitrogen and oxygen atoms in total. The van der Waals surface area contributed by atoms with Crippen molar-refractivity contribution in [1.29, 1.82) is 0 Å². The van der Waals surface area contributed by atoms with Gasteiger partial charge in [-0.05, 0) is 88.7 Å². The van der Waals surface area contributed by atoms with Crippen LogP contribution < -0.4 is 5.32 Å². The lowest BCUT2D eigenvalue weighted by Gasteiger charge is -2.56. The molecule has 48 heavy (non-hydrogen) atoms. The average molecular weight is 696 g/mol. The van der Waals surface area contributed by atoms with Crippen molar-refractivity contribution in [2.45, 2.75) is 76.3 Å². The number of nitrogens with zero attached hydrogens (tertiary/aromatic N) is 1. The molecule has 0 bridgehead atoms. The van der Waals surface area contributed by atoms with E-state index in [-0.39, 0.29) is 21.9 Å². The molecular weight excluding hydrogens is 647 g/mol. The van der Waals surface area contributed by atoms with E-state index in [9.17, 15) is 19.8 Å². The Morgan fingerprint density at radius 1 is 0.833 bits per heavy atom. The number of carboxylic acids is 2. The summed E-state index contributed by atoms with van der Waals surface area (Å²) in [6.45, 7) is 9.11. The highest BCUT2D eigenvalue weighted by molar-refractivity contribution is 6.42. The zero-order chi connectivity index (χ0) is 34.5. The van der Waals surface area contributed by atoms with E-state index in [1.165, 1.54) is 11.1 Å². The molecule has 258 valence electrons. The Kier molecular flexibility index (Phi) is 11.6. The summed E-state index contributed by atoms with van der Waals surface area (Å²) in [7, 11) is 0. The van der Waals surface area contributed by atoms with Gasteiger partial charge in [0.05, 0.1) is 20.9 Å². The molecule has 3 N–H and O–H groups in total. The van der Waals surface area contributed by atoms with E-state index in [1.54, 1.807) is 32.0 Å². The third kappa shape index (κ3) is 6.77. The van der Waals surface area contributed by atoms with E-state index < -0.39 is 40.8 Å². The number of hydrogen-bond donors (Lipinski definition) is 3. The van der Waals surface area contributed by atoms with Gasteiger partial charge >= 0.3 is 11.9 Å². The van der Waals surface area contributed by atoms with Gasteiger partial charge < -0.3 is 25.2 Å². The van der Waals surface area contributed by atoms with Gasteiger partial charge in [0.15, 0.2) is 0 Å². The van der Waals surface area contributed by atoms with Crippen LogP contribution in [0, 0.1) is 10.8 Å². The molecule has 0 saturated carbocycles. The third-order valence-corrected chi connectivity index (χ3v) is 12.3. The predicted molar refractivity (Wildman–Crippen MR) is 191 cm³/mol. The molecule has 0 amide bonds. The molecule has 5 atom stereocenters. The normalized spacial score (nSPS) is 27.4. The standard InChI is InChI=1S/C39H48Cl2N2O5/c1-27-37(3,35(44)45)34(31-17-10-18-32(40)33(31)41)39(36(46)47,28(2)42-27)19-11-25-48-26-12-22-43-23-20-38(21-24-43,29-13-6-4-7-14-29)30-15-8-5-9-16-30/h4-10,13-18,27-28,34,42H,11-12,19-26H2,1-3H3,(H,44,45)(H,46,47)/t27?,28?,34-,37?,39?/m1/s1. The maximum Gasteiger partial charge on any atom is 0.311 e. The zero-order valence-corrected chi connectivity index (χ0v) is 29.6. The molecule has 5 rings (SSSR count). The highest BCUT2D eigenvalue weighted by Gasteiger charge is 2.65. The third-order valence-electron chi connectivity index (χ3n) is 11.4. The number of aliphatic carboxylic acids is 2. The number of halogens is 2. The van der Waals surface area contributed by atoms with Crippen LogP contribution in [0.5, 0.6) is 0 Å². The predicted octanol–water partition coefficient (Wildman–Crippen LogP) is 7.89. The number of ether oxygens (including phenoxy) is 1. The lowest BCUT2D eigenvalue weighted by atomic mass is 9.51. The number of likely N-dealkylation sites (tertiary alicyclic amines) is 1. The van der Waals surface area contributed by atoms with Crippen LogP contribution in [0.3, 0.4) is 0 Å². The quantitative estimate of drug-likeness (QED) is 0.157. The average Bonchev–Trinajstić information content (AvgIpc) is 3.09. The molecule has 0 radical (unpaired) electrons. The van der Waals surface area contributed by atoms with E-state index in [4.69, 9.17) is 27.9 Å². The first-order valence-electron chi connectivity index (χ1n) is 17.1. The minimum absolute atomic E-state index is 0.0163. The second kappa shape index (κ2) is 15.3. The van der Waals surface area contributed by atoms with Gasteiger partial charge in [-0.3, -0.25) is 9.59 Å². The van der Waals surface area contributed by atoms with Crippen LogP contribution in [0.15, 0.2) is 78.9 Å². The molecule has 2 aliphatic heterocycles. The molecule has 0 aromatic heterocycles. The molecule has 2 saturated heterocycles. The van der Waals surface area contributed by atoms with Crippen molar-refractivity contribution < 1.29 is 24.5 Å². The van der Waals surface area contributed by atoms with Gasteiger partial charge in [-0.2, -0.15) is 0 Å². The summed E-state index contributed by atoms with van der Waals surface area (Å²) in [6.07, 6.45) is 3.65. The fourth-order valence-corrected chi connectivity index (χ4v) is 8.95. The summed E-state index contributed by atoms with van der Waals surface area (Å²) < 4.78 is 6.06. The fourth-order valence-electron chi connectivity index (χ4n) is 8.54. The topological polar surface area (TPSA) is 99.1 Å². The van der Waals surface area contributed by atoms with Crippen LogP contribution in [-0.4, -0.2) is 72.0 Å². The number of rotatable bonds is 13. The number of nitrogens with one attached hydrogen (secondary N) is 1. The summed E-state index contributed by atoms with van der Waals surface area (Å²) in [6, 6.07) is 25.7. The van der Waals surface area contributed by atoms with Gasteiger partial charge in [0.2, 0.25) is 0 Å². The van der Waals surface area contributed by atoms with Crippen molar-refractivity contribution in [2.75, 3.05) is 32.8 Å². The van der Waals surface area contributed by atoms with Gasteiger partial charge in [-0.1, -0.05) is 96.0 Å². The van der Waals surface area contributed by atoms with Crippen molar-refractivity contribution >= 4 is 35.1 Å². The lowest BCUT2D eigenvalue weighted by molar-refractivity contribution is -0.171. The largest absolute Gasteiger partial charge is 0.481 e. The van der Waals surface area contributed by atoms with Crippen LogP contribution >= 0.6 is 23.2 Å². The summed E-state index contributed by atoms with van der Waals surface area (Å²) in [5, 5.41) is 25.2. The molecule has 0 aliphatic carbocycles. The van der Waals surface area contributed by atoms with Crippen molar-refractivity contribution in [3.8, 4) is 0 Å². The summed E-state index contributed by atoms with van der Waals surface area (Å²) in [5.74, 6) is -3.08. The van der Waals surface area contributed by atoms with E-state index in [0.717, 1.165) is 38.9 Å². The van der Waals surface area contributed by atoms with E-state index in [2.05, 4.69) is 70.9 Å². The molecule has 9 heteroatoms. The van der Waals surface area contributed by atoms with Crippen LogP contribution in [0.25, 0.3) is 0 Å². The van der Waals surface area contributed by atoms with Crippen LogP contribution in [0.1, 0.15) is 75.5 Å². The van der Waals surface area contributed by atoms with Gasteiger partial charge in [0.1, 0.15) is 0 Å². The minimum atomic E-state index is -1.47. The number of carboxylic acid groups (broad SMARTS) is 2. The molecular formula is C39H48Cl2N2O5. The van der Waals surface area contributed by atoms with Crippen molar-refractivity contribution in [2.24, 2.45) is 10.8 Å². The molecule has 2 aliphatic rings. The van der Waals surface area contributed by atoms with E-state index in [0.29, 0.717) is 25.2 Å². The summed E-state index contributed by atoms with van der Waals surface area (Å²) in [4.78, 5) is 28.7. The maximum atomic E-state index is 13.3. The monoisotopic (exact) mass is 694 g/mol. The Bertz CT molecular complexity index is 1510. The number of hydrogen-bond acceptors (Lipinski definition) is 5. The zero-order valence-electron chi connectivity index (χ0n) is 28.1. The molecule has 4 unspecified atom stereocenters. The Labute approximate surface area is 294 Å². The van der Waals surface area contributed by atoms with Crippen molar-refractivity contribution in [3.05, 3.63) is 106 Å². The molecule has 2 fully saturated rings. The van der Waals surface area contributed by atoms with Gasteiger partial charge in [0, 0.05) is 43.2 Å². The molecule has 2 heterocycles. The summed E-state index contributed by atoms with van der Waals surface area (Å²) >= 11 is 13.1. The van der Waals surface area contributed by atoms with Gasteiger partial charge in [0.25, 0.3) is 0 Å². The second-order valence-electron chi connectivity index (χ2n) is 13.8. The maximum absolute atomic E-state index is 13.3. The van der Waals surface area contributed by atoms with E-state index in [1.807, 2.05) is 6.92 Å². The minimum Gasteiger partial charge on any atom is -0.481 e. The van der Waals surface area contributed by atoms with Crippen LogP contribution in [0.4, 0.5) is 0 Å². The second-order valence-corrected chi connectivity index (χ2v) is 14.6. The Hall–Kier alpha value is -2.94. The Morgan fingerprint density at radius 3 is 1.98 bits per heavy atom. The number of piperidine rings is 2. The molecule has 3 aromatic carbocycles. The first-order chi connectivity index (χ1) is 23.0. The van der Waals surface area contributed by atoms with Crippen molar-refractivity contribution in [1.82, 2.24) is 10.2 Å². The van der Waals surface area contributed by atoms with Gasteiger partial charge in [-0.25, -0.2) is 0 Å². The first-order valence-corrected chi connectivity index (χ1v) is 17.8.